The Labute approximate surface area is 119 Å². The van der Waals surface area contributed by atoms with E-state index in [9.17, 15) is 18.0 Å². The molecule has 1 atom stereocenters. The number of methoxy groups -OCH3 is 1. The van der Waals surface area contributed by atoms with Crippen LogP contribution >= 0.6 is 0 Å². The number of aliphatic carboxylic acids is 1. The molecule has 2 N–H and O–H groups in total. The molecule has 20 heavy (non-hydrogen) atoms. The van der Waals surface area contributed by atoms with Crippen molar-refractivity contribution in [1.82, 2.24) is 4.72 Å². The standard InChI is InChI=1S/C12H23NO6S/c1-12(2,3)7-9(11(15)16)8-13-20(17,18)6-5-10(14)19-4/h9,13H,5-8H2,1-4H3,(H,15,16). The van der Waals surface area contributed by atoms with Crippen molar-refractivity contribution in [2.45, 2.75) is 33.6 Å². The topological polar surface area (TPSA) is 110 Å². The van der Waals surface area contributed by atoms with E-state index in [1.165, 1.54) is 7.11 Å². The van der Waals surface area contributed by atoms with Gasteiger partial charge in [-0.05, 0) is 11.8 Å². The van der Waals surface area contributed by atoms with Crippen LogP contribution in [0.3, 0.4) is 0 Å². The summed E-state index contributed by atoms with van der Waals surface area (Å²) in [6, 6.07) is 0. The molecule has 0 aromatic heterocycles. The van der Waals surface area contributed by atoms with Gasteiger partial charge in [0.15, 0.2) is 0 Å². The Morgan fingerprint density at radius 1 is 1.30 bits per heavy atom. The van der Waals surface area contributed by atoms with Gasteiger partial charge in [-0.25, -0.2) is 13.1 Å². The van der Waals surface area contributed by atoms with E-state index in [0.29, 0.717) is 6.42 Å². The van der Waals surface area contributed by atoms with Crippen molar-refractivity contribution in [3.8, 4) is 0 Å². The van der Waals surface area contributed by atoms with Gasteiger partial charge in [0.2, 0.25) is 10.0 Å². The maximum atomic E-state index is 11.6. The van der Waals surface area contributed by atoms with Crippen LogP contribution in [0.5, 0.6) is 0 Å². The second kappa shape index (κ2) is 7.58. The molecule has 118 valence electrons. The second-order valence-corrected chi connectivity index (χ2v) is 7.72. The molecule has 0 heterocycles. The highest BCUT2D eigenvalue weighted by molar-refractivity contribution is 7.89. The number of hydrogen-bond acceptors (Lipinski definition) is 5. The van der Waals surface area contributed by atoms with E-state index in [1.54, 1.807) is 0 Å². The van der Waals surface area contributed by atoms with Gasteiger partial charge < -0.3 is 9.84 Å². The predicted octanol–water partition coefficient (Wildman–Crippen LogP) is 0.606. The van der Waals surface area contributed by atoms with Gasteiger partial charge in [0, 0.05) is 6.54 Å². The van der Waals surface area contributed by atoms with E-state index in [-0.39, 0.29) is 18.4 Å². The lowest BCUT2D eigenvalue weighted by molar-refractivity contribution is -0.142. The summed E-state index contributed by atoms with van der Waals surface area (Å²) in [6.07, 6.45) is 0.0880. The minimum atomic E-state index is -3.69. The number of carbonyl (C=O) groups excluding carboxylic acids is 1. The van der Waals surface area contributed by atoms with Crippen molar-refractivity contribution < 1.29 is 27.9 Å². The first-order valence-corrected chi connectivity index (χ1v) is 7.89. The predicted molar refractivity (Wildman–Crippen MR) is 73.6 cm³/mol. The molecule has 1 unspecified atom stereocenters. The molecule has 0 fully saturated rings. The fourth-order valence-corrected chi connectivity index (χ4v) is 2.64. The molecule has 0 bridgehead atoms. The Morgan fingerprint density at radius 2 is 1.85 bits per heavy atom. The highest BCUT2D eigenvalue weighted by Crippen LogP contribution is 2.24. The maximum Gasteiger partial charge on any atom is 0.307 e. The van der Waals surface area contributed by atoms with Crippen LogP contribution in [0.4, 0.5) is 0 Å². The number of carbonyl (C=O) groups is 2. The van der Waals surface area contributed by atoms with Gasteiger partial charge in [0.25, 0.3) is 0 Å². The molecule has 0 rings (SSSR count). The number of ether oxygens (including phenoxy) is 1. The molecule has 0 spiro atoms. The Hall–Kier alpha value is -1.15. The number of nitrogens with one attached hydrogen (secondary N) is 1. The van der Waals surface area contributed by atoms with Gasteiger partial charge in [0.05, 0.1) is 25.2 Å². The largest absolute Gasteiger partial charge is 0.481 e. The molecule has 0 aromatic rings. The zero-order valence-electron chi connectivity index (χ0n) is 12.3. The monoisotopic (exact) mass is 309 g/mol. The van der Waals surface area contributed by atoms with Crippen molar-refractivity contribution >= 4 is 22.0 Å². The van der Waals surface area contributed by atoms with Crippen LogP contribution < -0.4 is 4.72 Å². The second-order valence-electron chi connectivity index (χ2n) is 5.79. The summed E-state index contributed by atoms with van der Waals surface area (Å²) < 4.78 is 29.8. The lowest BCUT2D eigenvalue weighted by atomic mass is 9.85. The number of rotatable bonds is 8. The number of hydrogen-bond donors (Lipinski definition) is 2. The van der Waals surface area contributed by atoms with Crippen LogP contribution in [-0.2, 0) is 24.3 Å². The van der Waals surface area contributed by atoms with Crippen molar-refractivity contribution in [3.05, 3.63) is 0 Å². The maximum absolute atomic E-state index is 11.6. The quantitative estimate of drug-likeness (QED) is 0.636. The third kappa shape index (κ3) is 8.87. The molecule has 0 aliphatic carbocycles. The summed E-state index contributed by atoms with van der Waals surface area (Å²) >= 11 is 0. The van der Waals surface area contributed by atoms with Gasteiger partial charge in [0.1, 0.15) is 0 Å². The van der Waals surface area contributed by atoms with E-state index in [4.69, 9.17) is 5.11 Å². The van der Waals surface area contributed by atoms with Crippen LogP contribution in [0.2, 0.25) is 0 Å². The Morgan fingerprint density at radius 3 is 2.25 bits per heavy atom. The summed E-state index contributed by atoms with van der Waals surface area (Å²) in [5.74, 6) is -2.89. The minimum Gasteiger partial charge on any atom is -0.481 e. The molecule has 0 radical (unpaired) electrons. The zero-order valence-corrected chi connectivity index (χ0v) is 13.1. The molecule has 8 heteroatoms. The zero-order chi connectivity index (χ0) is 16.0. The van der Waals surface area contributed by atoms with Gasteiger partial charge in [-0.15, -0.1) is 0 Å². The number of carboxylic acid groups (broad SMARTS) is 1. The number of carboxylic acids is 1. The van der Waals surface area contributed by atoms with Gasteiger partial charge >= 0.3 is 11.9 Å². The lowest BCUT2D eigenvalue weighted by Crippen LogP contribution is -2.36. The summed E-state index contributed by atoms with van der Waals surface area (Å²) in [6.45, 7) is 5.47. The first kappa shape index (κ1) is 18.9. The van der Waals surface area contributed by atoms with Crippen LogP contribution in [-0.4, -0.2) is 44.9 Å². The summed E-state index contributed by atoms with van der Waals surface area (Å²) in [5, 5.41) is 9.08. The van der Waals surface area contributed by atoms with Crippen molar-refractivity contribution in [2.24, 2.45) is 11.3 Å². The average molecular weight is 309 g/mol. The molecule has 0 saturated heterocycles. The molecule has 7 nitrogen and oxygen atoms in total. The molecular weight excluding hydrogens is 286 g/mol. The first-order chi connectivity index (χ1) is 8.97. The minimum absolute atomic E-state index is 0.184. The molecule has 0 saturated carbocycles. The summed E-state index contributed by atoms with van der Waals surface area (Å²) in [4.78, 5) is 22.0. The Kier molecular flexibility index (Phi) is 7.15. The smallest absolute Gasteiger partial charge is 0.307 e. The molecule has 0 aliphatic heterocycles. The lowest BCUT2D eigenvalue weighted by Gasteiger charge is -2.23. The van der Waals surface area contributed by atoms with Crippen LogP contribution in [0.1, 0.15) is 33.6 Å². The van der Waals surface area contributed by atoms with Gasteiger partial charge in [-0.1, -0.05) is 20.8 Å². The first-order valence-electron chi connectivity index (χ1n) is 6.24. The highest BCUT2D eigenvalue weighted by atomic mass is 32.2. The van der Waals surface area contributed by atoms with Crippen LogP contribution in [0, 0.1) is 11.3 Å². The normalized spacial score (nSPS) is 13.8. The SMILES string of the molecule is COC(=O)CCS(=O)(=O)NCC(CC(C)(C)C)C(=O)O. The van der Waals surface area contributed by atoms with E-state index in [1.807, 2.05) is 20.8 Å². The molecular formula is C12H23NO6S. The Balaban J connectivity index is 4.47. The third-order valence-corrected chi connectivity index (χ3v) is 3.91. The summed E-state index contributed by atoms with van der Waals surface area (Å²) in [5.41, 5.74) is -0.222. The fraction of sp³-hybridized carbons (Fsp3) is 0.833. The molecule has 0 aliphatic rings. The number of esters is 1. The molecule has 0 aromatic carbocycles. The van der Waals surface area contributed by atoms with E-state index < -0.39 is 33.6 Å². The highest BCUT2D eigenvalue weighted by Gasteiger charge is 2.26. The van der Waals surface area contributed by atoms with E-state index in [0.717, 1.165) is 0 Å². The van der Waals surface area contributed by atoms with Crippen molar-refractivity contribution in [1.29, 1.82) is 0 Å². The van der Waals surface area contributed by atoms with Crippen LogP contribution in [0.15, 0.2) is 0 Å². The fourth-order valence-electron chi connectivity index (χ4n) is 1.61. The van der Waals surface area contributed by atoms with Crippen LogP contribution in [0.25, 0.3) is 0 Å². The van der Waals surface area contributed by atoms with Crippen molar-refractivity contribution in [3.63, 3.8) is 0 Å². The third-order valence-electron chi connectivity index (χ3n) is 2.56. The van der Waals surface area contributed by atoms with E-state index in [2.05, 4.69) is 9.46 Å². The molecule has 0 amide bonds. The van der Waals surface area contributed by atoms with Gasteiger partial charge in [-0.2, -0.15) is 0 Å². The Bertz CT molecular complexity index is 437. The van der Waals surface area contributed by atoms with Gasteiger partial charge in [-0.3, -0.25) is 9.59 Å². The number of sulfonamides is 1. The van der Waals surface area contributed by atoms with E-state index >= 15 is 0 Å². The van der Waals surface area contributed by atoms with Crippen molar-refractivity contribution in [2.75, 3.05) is 19.4 Å². The summed E-state index contributed by atoms with van der Waals surface area (Å²) in [7, 11) is -2.51. The average Bonchev–Trinajstić information content (AvgIpc) is 2.30.